The molecule has 2 aromatic rings. The first-order valence-corrected chi connectivity index (χ1v) is 6.87. The number of hydrogen-bond donors (Lipinski definition) is 2. The molecule has 1 amide bonds. The lowest BCUT2D eigenvalue weighted by Gasteiger charge is -2.20. The highest BCUT2D eigenvalue weighted by atomic mass is 16.5. The number of rotatable bonds is 5. The van der Waals surface area contributed by atoms with Crippen molar-refractivity contribution in [3.05, 3.63) is 65.7 Å². The lowest BCUT2D eigenvalue weighted by atomic mass is 10.0. The fraction of sp³-hybridized carbons (Fsp3) is 0.235. The molecular weight excluding hydrogens is 264 g/mol. The van der Waals surface area contributed by atoms with E-state index >= 15 is 0 Å². The Morgan fingerprint density at radius 3 is 2.38 bits per heavy atom. The molecule has 0 aliphatic carbocycles. The SMILES string of the molecule is COc1ccccc1C(C)NC(=O)C(N)c1ccccc1. The molecule has 4 heteroatoms. The quantitative estimate of drug-likeness (QED) is 0.887. The maximum Gasteiger partial charge on any atom is 0.241 e. The summed E-state index contributed by atoms with van der Waals surface area (Å²) in [5.41, 5.74) is 7.71. The molecule has 110 valence electrons. The summed E-state index contributed by atoms with van der Waals surface area (Å²) in [4.78, 5) is 12.2. The molecule has 0 spiro atoms. The Labute approximate surface area is 124 Å². The Morgan fingerprint density at radius 1 is 1.10 bits per heavy atom. The van der Waals surface area contributed by atoms with Crippen LogP contribution in [-0.2, 0) is 4.79 Å². The van der Waals surface area contributed by atoms with E-state index in [-0.39, 0.29) is 11.9 Å². The lowest BCUT2D eigenvalue weighted by molar-refractivity contribution is -0.123. The van der Waals surface area contributed by atoms with Crippen LogP contribution in [0, 0.1) is 0 Å². The molecule has 2 rings (SSSR count). The van der Waals surface area contributed by atoms with Crippen molar-refractivity contribution in [3.63, 3.8) is 0 Å². The molecule has 0 saturated carbocycles. The van der Waals surface area contributed by atoms with Crippen molar-refractivity contribution in [1.29, 1.82) is 0 Å². The molecule has 0 aliphatic heterocycles. The molecule has 2 aromatic carbocycles. The van der Waals surface area contributed by atoms with Gasteiger partial charge in [0.25, 0.3) is 0 Å². The van der Waals surface area contributed by atoms with Crippen LogP contribution in [-0.4, -0.2) is 13.0 Å². The number of hydrogen-bond acceptors (Lipinski definition) is 3. The molecule has 4 nitrogen and oxygen atoms in total. The Bertz CT molecular complexity index is 599. The fourth-order valence-corrected chi connectivity index (χ4v) is 2.22. The normalized spacial score (nSPS) is 13.3. The van der Waals surface area contributed by atoms with Crippen LogP contribution in [0.4, 0.5) is 0 Å². The van der Waals surface area contributed by atoms with E-state index < -0.39 is 6.04 Å². The summed E-state index contributed by atoms with van der Waals surface area (Å²) in [5, 5.41) is 2.93. The number of nitrogens with two attached hydrogens (primary N) is 1. The van der Waals surface area contributed by atoms with E-state index in [0.717, 1.165) is 16.9 Å². The Morgan fingerprint density at radius 2 is 1.71 bits per heavy atom. The van der Waals surface area contributed by atoms with Crippen molar-refractivity contribution in [2.75, 3.05) is 7.11 Å². The van der Waals surface area contributed by atoms with Crippen LogP contribution in [0.15, 0.2) is 54.6 Å². The average molecular weight is 284 g/mol. The van der Waals surface area contributed by atoms with Gasteiger partial charge in [0.1, 0.15) is 11.8 Å². The number of carbonyl (C=O) groups is 1. The molecule has 3 N–H and O–H groups in total. The zero-order valence-corrected chi connectivity index (χ0v) is 12.2. The van der Waals surface area contributed by atoms with Crippen molar-refractivity contribution < 1.29 is 9.53 Å². The average Bonchev–Trinajstić information content (AvgIpc) is 2.54. The van der Waals surface area contributed by atoms with Crippen molar-refractivity contribution in [2.24, 2.45) is 5.73 Å². The van der Waals surface area contributed by atoms with Crippen molar-refractivity contribution in [2.45, 2.75) is 19.0 Å². The van der Waals surface area contributed by atoms with Gasteiger partial charge in [0, 0.05) is 5.56 Å². The van der Waals surface area contributed by atoms with Gasteiger partial charge in [-0.3, -0.25) is 4.79 Å². The minimum atomic E-state index is -0.677. The van der Waals surface area contributed by atoms with Gasteiger partial charge in [-0.15, -0.1) is 0 Å². The van der Waals surface area contributed by atoms with Crippen molar-refractivity contribution in [1.82, 2.24) is 5.32 Å². The predicted molar refractivity (Wildman–Crippen MR) is 82.9 cm³/mol. The molecule has 2 unspecified atom stereocenters. The van der Waals surface area contributed by atoms with Crippen LogP contribution in [0.2, 0.25) is 0 Å². The van der Waals surface area contributed by atoms with E-state index in [1.807, 2.05) is 61.5 Å². The summed E-state index contributed by atoms with van der Waals surface area (Å²) in [6.07, 6.45) is 0. The van der Waals surface area contributed by atoms with E-state index in [9.17, 15) is 4.79 Å². The molecule has 2 atom stereocenters. The Hall–Kier alpha value is -2.33. The van der Waals surface area contributed by atoms with Gasteiger partial charge in [0.2, 0.25) is 5.91 Å². The highest BCUT2D eigenvalue weighted by Crippen LogP contribution is 2.24. The minimum Gasteiger partial charge on any atom is -0.496 e. The maximum absolute atomic E-state index is 12.2. The van der Waals surface area contributed by atoms with Gasteiger partial charge in [-0.25, -0.2) is 0 Å². The van der Waals surface area contributed by atoms with E-state index in [4.69, 9.17) is 10.5 Å². The summed E-state index contributed by atoms with van der Waals surface area (Å²) >= 11 is 0. The van der Waals surface area contributed by atoms with Gasteiger partial charge in [-0.1, -0.05) is 48.5 Å². The van der Waals surface area contributed by atoms with Crippen LogP contribution in [0.25, 0.3) is 0 Å². The van der Waals surface area contributed by atoms with E-state index in [0.29, 0.717) is 0 Å². The van der Waals surface area contributed by atoms with Crippen LogP contribution >= 0.6 is 0 Å². The third-order valence-corrected chi connectivity index (χ3v) is 3.41. The van der Waals surface area contributed by atoms with E-state index in [1.54, 1.807) is 7.11 Å². The second kappa shape index (κ2) is 6.90. The summed E-state index contributed by atoms with van der Waals surface area (Å²) in [7, 11) is 1.61. The van der Waals surface area contributed by atoms with Crippen molar-refractivity contribution >= 4 is 5.91 Å². The fourth-order valence-electron chi connectivity index (χ4n) is 2.22. The molecule has 0 radical (unpaired) electrons. The first-order chi connectivity index (χ1) is 10.1. The summed E-state index contributed by atoms with van der Waals surface area (Å²) in [6.45, 7) is 1.91. The molecule has 0 aromatic heterocycles. The standard InChI is InChI=1S/C17H20N2O2/c1-12(14-10-6-7-11-15(14)21-2)19-17(20)16(18)13-8-4-3-5-9-13/h3-12,16H,18H2,1-2H3,(H,19,20). The second-order valence-electron chi connectivity index (χ2n) is 4.86. The van der Waals surface area contributed by atoms with E-state index in [2.05, 4.69) is 5.32 Å². The van der Waals surface area contributed by atoms with Crippen LogP contribution in [0.3, 0.4) is 0 Å². The number of para-hydroxylation sites is 1. The van der Waals surface area contributed by atoms with Crippen molar-refractivity contribution in [3.8, 4) is 5.75 Å². The van der Waals surface area contributed by atoms with Gasteiger partial charge in [-0.2, -0.15) is 0 Å². The second-order valence-corrected chi connectivity index (χ2v) is 4.86. The van der Waals surface area contributed by atoms with Gasteiger partial charge in [0.05, 0.1) is 13.2 Å². The first-order valence-electron chi connectivity index (χ1n) is 6.87. The minimum absolute atomic E-state index is 0.177. The van der Waals surface area contributed by atoms with Crippen LogP contribution < -0.4 is 15.8 Å². The van der Waals surface area contributed by atoms with Crippen LogP contribution in [0.1, 0.15) is 30.1 Å². The molecule has 21 heavy (non-hydrogen) atoms. The summed E-state index contributed by atoms with van der Waals surface area (Å²) < 4.78 is 5.31. The molecule has 0 heterocycles. The van der Waals surface area contributed by atoms with Crippen LogP contribution in [0.5, 0.6) is 5.75 Å². The lowest BCUT2D eigenvalue weighted by Crippen LogP contribution is -2.35. The molecule has 0 saturated heterocycles. The third kappa shape index (κ3) is 3.61. The third-order valence-electron chi connectivity index (χ3n) is 3.41. The number of benzene rings is 2. The number of nitrogens with one attached hydrogen (secondary N) is 1. The smallest absolute Gasteiger partial charge is 0.241 e. The number of carbonyl (C=O) groups excluding carboxylic acids is 1. The van der Waals surface area contributed by atoms with Gasteiger partial charge < -0.3 is 15.8 Å². The molecule has 0 aliphatic rings. The maximum atomic E-state index is 12.2. The highest BCUT2D eigenvalue weighted by molar-refractivity contribution is 5.83. The summed E-state index contributed by atoms with van der Waals surface area (Å²) in [5.74, 6) is 0.540. The first kappa shape index (κ1) is 15.1. The molecule has 0 bridgehead atoms. The largest absolute Gasteiger partial charge is 0.496 e. The van der Waals surface area contributed by atoms with Gasteiger partial charge in [-0.05, 0) is 18.6 Å². The number of ether oxygens (including phenoxy) is 1. The predicted octanol–water partition coefficient (Wildman–Crippen LogP) is 2.57. The van der Waals surface area contributed by atoms with Gasteiger partial charge >= 0.3 is 0 Å². The Balaban J connectivity index is 2.09. The molecular formula is C17H20N2O2. The Kier molecular flexibility index (Phi) is 4.95. The summed E-state index contributed by atoms with van der Waals surface area (Å²) in [6, 6.07) is 16.1. The molecule has 0 fully saturated rings. The topological polar surface area (TPSA) is 64.3 Å². The van der Waals surface area contributed by atoms with E-state index in [1.165, 1.54) is 0 Å². The zero-order chi connectivity index (χ0) is 15.2. The number of amides is 1. The number of methoxy groups -OCH3 is 1. The zero-order valence-electron chi connectivity index (χ0n) is 12.2. The van der Waals surface area contributed by atoms with Gasteiger partial charge in [0.15, 0.2) is 0 Å². The monoisotopic (exact) mass is 284 g/mol. The highest BCUT2D eigenvalue weighted by Gasteiger charge is 2.19.